The van der Waals surface area contributed by atoms with E-state index in [1.165, 1.54) is 26.4 Å². The summed E-state index contributed by atoms with van der Waals surface area (Å²) in [6.07, 6.45) is 0. The third kappa shape index (κ3) is 1.83. The van der Waals surface area contributed by atoms with Gasteiger partial charge in [-0.2, -0.15) is 0 Å². The number of rotatable bonds is 3. The average Bonchev–Trinajstić information content (AvgIpc) is 3.09. The molecule has 4 rings (SSSR count). The van der Waals surface area contributed by atoms with Crippen LogP contribution in [0.3, 0.4) is 0 Å². The summed E-state index contributed by atoms with van der Waals surface area (Å²) >= 11 is 0. The molecule has 0 aliphatic heterocycles. The Morgan fingerprint density at radius 3 is 1.52 bits per heavy atom. The smallest absolute Gasteiger partial charge is 0.197 e. The lowest BCUT2D eigenvalue weighted by Gasteiger charge is -2.25. The monoisotopic (exact) mass is 382 g/mol. The SMILES string of the molecule is COc1ccc(OC)c2c1[C@@H]1c3c(F)c(F)c(F)c(F)c3[C@@H]2C1(O)C(C)=O. The first-order valence-corrected chi connectivity index (χ1v) is 8.05. The van der Waals surface area contributed by atoms with Crippen LogP contribution in [0.25, 0.3) is 0 Å². The number of halogens is 4. The standard InChI is InChI=1S/C19H14F4O4/c1-6(24)19(25)13-9-7(26-2)4-5-8(27-3)10(9)14(19)12-11(13)15(20)17(22)18(23)16(12)21/h4-5,13-14,25H,1-3H3/t13-,14-/m1/s1. The Bertz CT molecular complexity index is 948. The van der Waals surface area contributed by atoms with E-state index in [1.807, 2.05) is 0 Å². The van der Waals surface area contributed by atoms with Crippen molar-refractivity contribution in [1.29, 1.82) is 0 Å². The summed E-state index contributed by atoms with van der Waals surface area (Å²) in [6, 6.07) is 2.96. The summed E-state index contributed by atoms with van der Waals surface area (Å²) in [4.78, 5) is 12.4. The molecular weight excluding hydrogens is 368 g/mol. The summed E-state index contributed by atoms with van der Waals surface area (Å²) < 4.78 is 67.6. The highest BCUT2D eigenvalue weighted by Gasteiger charge is 2.66. The van der Waals surface area contributed by atoms with Crippen molar-refractivity contribution in [3.8, 4) is 11.5 Å². The molecule has 0 amide bonds. The van der Waals surface area contributed by atoms with Gasteiger partial charge in [0.2, 0.25) is 0 Å². The Labute approximate surface area is 151 Å². The molecule has 142 valence electrons. The molecule has 27 heavy (non-hydrogen) atoms. The fourth-order valence-corrected chi connectivity index (χ4v) is 4.52. The van der Waals surface area contributed by atoms with E-state index in [0.29, 0.717) is 0 Å². The number of ether oxygens (including phenoxy) is 2. The number of carbonyl (C=O) groups is 1. The van der Waals surface area contributed by atoms with E-state index in [0.717, 1.165) is 6.92 Å². The maximum absolute atomic E-state index is 14.6. The van der Waals surface area contributed by atoms with E-state index in [2.05, 4.69) is 0 Å². The second kappa shape index (κ2) is 5.45. The molecule has 0 heterocycles. The number of benzene rings is 2. The molecule has 0 saturated carbocycles. The van der Waals surface area contributed by atoms with Gasteiger partial charge in [-0.3, -0.25) is 4.79 Å². The molecule has 2 bridgehead atoms. The molecule has 2 aromatic rings. The summed E-state index contributed by atoms with van der Waals surface area (Å²) in [5.74, 6) is -10.6. The zero-order valence-corrected chi connectivity index (χ0v) is 14.5. The number of ketones is 1. The highest BCUT2D eigenvalue weighted by atomic mass is 19.2. The van der Waals surface area contributed by atoms with E-state index in [1.54, 1.807) is 0 Å². The third-order valence-corrected chi connectivity index (χ3v) is 5.59. The van der Waals surface area contributed by atoms with Gasteiger partial charge in [0.05, 0.1) is 26.1 Å². The van der Waals surface area contributed by atoms with Crippen molar-refractivity contribution in [2.24, 2.45) is 0 Å². The van der Waals surface area contributed by atoms with Crippen LogP contribution in [0.4, 0.5) is 17.6 Å². The molecule has 0 fully saturated rings. The first-order chi connectivity index (χ1) is 12.7. The van der Waals surface area contributed by atoms with Gasteiger partial charge in [0, 0.05) is 22.3 Å². The van der Waals surface area contributed by atoms with Crippen LogP contribution < -0.4 is 9.47 Å². The predicted molar refractivity (Wildman–Crippen MR) is 85.1 cm³/mol. The number of aliphatic hydroxyl groups is 1. The zero-order valence-electron chi connectivity index (χ0n) is 14.5. The molecule has 2 aromatic carbocycles. The summed E-state index contributed by atoms with van der Waals surface area (Å²) in [6.45, 7) is 1.05. The second-order valence-corrected chi connectivity index (χ2v) is 6.63. The van der Waals surface area contributed by atoms with Crippen LogP contribution in [0.5, 0.6) is 11.5 Å². The first kappa shape index (κ1) is 17.8. The molecule has 2 aliphatic carbocycles. The Morgan fingerprint density at radius 1 is 0.852 bits per heavy atom. The number of hydrogen-bond donors (Lipinski definition) is 1. The highest BCUT2D eigenvalue weighted by Crippen LogP contribution is 2.67. The van der Waals surface area contributed by atoms with Gasteiger partial charge in [0.15, 0.2) is 29.1 Å². The lowest BCUT2D eigenvalue weighted by atomic mass is 9.83. The van der Waals surface area contributed by atoms with Crippen LogP contribution in [-0.4, -0.2) is 30.7 Å². The van der Waals surface area contributed by atoms with Crippen LogP contribution in [0.2, 0.25) is 0 Å². The minimum atomic E-state index is -2.32. The first-order valence-electron chi connectivity index (χ1n) is 8.05. The van der Waals surface area contributed by atoms with Crippen molar-refractivity contribution < 1.29 is 36.9 Å². The lowest BCUT2D eigenvalue weighted by molar-refractivity contribution is -0.135. The van der Waals surface area contributed by atoms with Gasteiger partial charge in [-0.1, -0.05) is 0 Å². The van der Waals surface area contributed by atoms with Gasteiger partial charge in [-0.25, -0.2) is 17.6 Å². The fourth-order valence-electron chi connectivity index (χ4n) is 4.52. The Hall–Kier alpha value is -2.61. The van der Waals surface area contributed by atoms with Crippen LogP contribution in [-0.2, 0) is 4.79 Å². The number of carbonyl (C=O) groups excluding carboxylic acids is 1. The molecular formula is C19H14F4O4. The van der Waals surface area contributed by atoms with E-state index in [9.17, 15) is 27.5 Å². The number of methoxy groups -OCH3 is 2. The van der Waals surface area contributed by atoms with Crippen LogP contribution in [0.1, 0.15) is 41.0 Å². The minimum Gasteiger partial charge on any atom is -0.496 e. The van der Waals surface area contributed by atoms with Crippen molar-refractivity contribution in [3.63, 3.8) is 0 Å². The topological polar surface area (TPSA) is 55.8 Å². The maximum Gasteiger partial charge on any atom is 0.197 e. The van der Waals surface area contributed by atoms with Gasteiger partial charge < -0.3 is 14.6 Å². The Kier molecular flexibility index (Phi) is 3.59. The summed E-state index contributed by atoms with van der Waals surface area (Å²) in [7, 11) is 2.65. The van der Waals surface area contributed by atoms with Crippen LogP contribution in [0, 0.1) is 23.3 Å². The summed E-state index contributed by atoms with van der Waals surface area (Å²) in [5, 5.41) is 11.2. The second-order valence-electron chi connectivity index (χ2n) is 6.63. The van der Waals surface area contributed by atoms with Crippen molar-refractivity contribution in [2.75, 3.05) is 14.2 Å². The molecule has 4 nitrogen and oxygen atoms in total. The highest BCUT2D eigenvalue weighted by molar-refractivity contribution is 5.94. The van der Waals surface area contributed by atoms with Gasteiger partial charge in [0.1, 0.15) is 17.1 Å². The lowest BCUT2D eigenvalue weighted by Crippen LogP contribution is -2.41. The van der Waals surface area contributed by atoms with Crippen molar-refractivity contribution >= 4 is 5.78 Å². The quantitative estimate of drug-likeness (QED) is 0.503. The average molecular weight is 382 g/mol. The number of Topliss-reactive ketones (excluding diaryl/α,β-unsaturated/α-hetero) is 1. The van der Waals surface area contributed by atoms with E-state index in [-0.39, 0.29) is 22.6 Å². The molecule has 1 N–H and O–H groups in total. The Morgan fingerprint density at radius 2 is 1.22 bits per heavy atom. The molecule has 0 unspecified atom stereocenters. The molecule has 0 radical (unpaired) electrons. The van der Waals surface area contributed by atoms with Crippen molar-refractivity contribution in [1.82, 2.24) is 0 Å². The number of fused-ring (bicyclic) bond motifs is 8. The Balaban J connectivity index is 2.19. The van der Waals surface area contributed by atoms with Gasteiger partial charge in [-0.05, 0) is 19.1 Å². The molecule has 0 spiro atoms. The van der Waals surface area contributed by atoms with E-state index in [4.69, 9.17) is 9.47 Å². The third-order valence-electron chi connectivity index (χ3n) is 5.59. The molecule has 0 saturated heterocycles. The van der Waals surface area contributed by atoms with E-state index < -0.39 is 57.6 Å². The minimum absolute atomic E-state index is 0.188. The van der Waals surface area contributed by atoms with Crippen LogP contribution >= 0.6 is 0 Å². The summed E-state index contributed by atoms with van der Waals surface area (Å²) in [5.41, 5.74) is -3.09. The predicted octanol–water partition coefficient (Wildman–Crippen LogP) is 3.17. The van der Waals surface area contributed by atoms with Gasteiger partial charge in [-0.15, -0.1) is 0 Å². The maximum atomic E-state index is 14.6. The fraction of sp³-hybridized carbons (Fsp3) is 0.316. The van der Waals surface area contributed by atoms with Crippen molar-refractivity contribution in [3.05, 3.63) is 57.7 Å². The van der Waals surface area contributed by atoms with E-state index >= 15 is 0 Å². The largest absolute Gasteiger partial charge is 0.496 e. The number of hydrogen-bond acceptors (Lipinski definition) is 4. The van der Waals surface area contributed by atoms with Crippen molar-refractivity contribution in [2.45, 2.75) is 24.4 Å². The molecule has 2 aliphatic rings. The zero-order chi connectivity index (χ0) is 19.8. The normalized spacial score (nSPS) is 24.6. The molecule has 2 atom stereocenters. The molecule has 0 aromatic heterocycles. The van der Waals surface area contributed by atoms with Gasteiger partial charge >= 0.3 is 0 Å². The molecule has 8 heteroatoms. The van der Waals surface area contributed by atoms with Crippen LogP contribution in [0.15, 0.2) is 12.1 Å². The van der Waals surface area contributed by atoms with Gasteiger partial charge in [0.25, 0.3) is 0 Å².